The highest BCUT2D eigenvalue weighted by atomic mass is 35.5. The number of carbonyl (C=O) groups excluding carboxylic acids is 1. The van der Waals surface area contributed by atoms with Crippen molar-refractivity contribution in [3.63, 3.8) is 0 Å². The lowest BCUT2D eigenvalue weighted by atomic mass is 10.1. The van der Waals surface area contributed by atoms with Gasteiger partial charge in [-0.1, -0.05) is 48.0 Å². The van der Waals surface area contributed by atoms with Crippen molar-refractivity contribution in [2.24, 2.45) is 0 Å². The van der Waals surface area contributed by atoms with Gasteiger partial charge < -0.3 is 15.0 Å². The van der Waals surface area contributed by atoms with Crippen LogP contribution in [-0.2, 0) is 13.1 Å². The summed E-state index contributed by atoms with van der Waals surface area (Å²) in [6.07, 6.45) is 1.97. The molecule has 0 aliphatic carbocycles. The second kappa shape index (κ2) is 8.43. The molecule has 30 heavy (non-hydrogen) atoms. The number of nitrogens with one attached hydrogen (secondary N) is 1. The molecule has 1 amide bonds. The molecule has 4 aromatic rings. The first-order valence-electron chi connectivity index (χ1n) is 9.44. The SMILES string of the molecule is O=C(O)c1ccc(CNC(=O)c2cccc3ccn(Cc4ccc(Cl)cc4)c23)cc1. The fourth-order valence-electron chi connectivity index (χ4n) is 3.41. The molecule has 0 aliphatic heterocycles. The number of benzene rings is 3. The largest absolute Gasteiger partial charge is 0.478 e. The number of aromatic carboxylic acids is 1. The predicted octanol–water partition coefficient (Wildman–Crippen LogP) is 4.97. The van der Waals surface area contributed by atoms with Gasteiger partial charge in [0.05, 0.1) is 16.6 Å². The van der Waals surface area contributed by atoms with Crippen molar-refractivity contribution in [1.82, 2.24) is 9.88 Å². The van der Waals surface area contributed by atoms with Crippen LogP contribution in [0.2, 0.25) is 5.02 Å². The molecule has 0 bridgehead atoms. The van der Waals surface area contributed by atoms with E-state index in [9.17, 15) is 9.59 Å². The highest BCUT2D eigenvalue weighted by Crippen LogP contribution is 2.22. The molecule has 0 saturated carbocycles. The third-order valence-corrected chi connectivity index (χ3v) is 5.21. The van der Waals surface area contributed by atoms with E-state index in [1.807, 2.05) is 54.7 Å². The smallest absolute Gasteiger partial charge is 0.335 e. The number of para-hydroxylation sites is 1. The van der Waals surface area contributed by atoms with Crippen LogP contribution in [0.15, 0.2) is 79.0 Å². The molecule has 0 unspecified atom stereocenters. The minimum atomic E-state index is -0.973. The van der Waals surface area contributed by atoms with E-state index in [1.165, 1.54) is 12.1 Å². The van der Waals surface area contributed by atoms with Crippen LogP contribution < -0.4 is 5.32 Å². The van der Waals surface area contributed by atoms with Gasteiger partial charge in [0.2, 0.25) is 0 Å². The molecule has 0 saturated heterocycles. The molecule has 0 fully saturated rings. The van der Waals surface area contributed by atoms with Crippen molar-refractivity contribution >= 4 is 34.4 Å². The maximum atomic E-state index is 12.9. The van der Waals surface area contributed by atoms with Gasteiger partial charge in [-0.15, -0.1) is 0 Å². The summed E-state index contributed by atoms with van der Waals surface area (Å²) < 4.78 is 2.05. The first-order chi connectivity index (χ1) is 14.5. The van der Waals surface area contributed by atoms with E-state index >= 15 is 0 Å². The Morgan fingerprint density at radius 3 is 2.30 bits per heavy atom. The fraction of sp³-hybridized carbons (Fsp3) is 0.0833. The summed E-state index contributed by atoms with van der Waals surface area (Å²) >= 11 is 5.98. The van der Waals surface area contributed by atoms with Gasteiger partial charge in [0.15, 0.2) is 0 Å². The monoisotopic (exact) mass is 418 g/mol. The van der Waals surface area contributed by atoms with Crippen LogP contribution in [0.5, 0.6) is 0 Å². The van der Waals surface area contributed by atoms with E-state index in [-0.39, 0.29) is 11.5 Å². The van der Waals surface area contributed by atoms with Crippen LogP contribution in [0.1, 0.15) is 31.8 Å². The zero-order valence-electron chi connectivity index (χ0n) is 16.0. The summed E-state index contributed by atoms with van der Waals surface area (Å²) in [5.41, 5.74) is 3.59. The Morgan fingerprint density at radius 1 is 0.900 bits per heavy atom. The zero-order valence-corrected chi connectivity index (χ0v) is 16.8. The molecule has 6 heteroatoms. The Kier molecular flexibility index (Phi) is 5.55. The Bertz CT molecular complexity index is 1210. The number of carbonyl (C=O) groups is 2. The average Bonchev–Trinajstić information content (AvgIpc) is 3.17. The van der Waals surface area contributed by atoms with E-state index in [0.29, 0.717) is 23.7 Å². The minimum Gasteiger partial charge on any atom is -0.478 e. The Morgan fingerprint density at radius 2 is 1.60 bits per heavy atom. The second-order valence-electron chi connectivity index (χ2n) is 7.00. The maximum Gasteiger partial charge on any atom is 0.335 e. The molecule has 1 aromatic heterocycles. The van der Waals surface area contributed by atoms with Crippen LogP contribution in [-0.4, -0.2) is 21.6 Å². The molecule has 0 spiro atoms. The highest BCUT2D eigenvalue weighted by Gasteiger charge is 2.14. The molecule has 150 valence electrons. The lowest BCUT2D eigenvalue weighted by Gasteiger charge is -2.11. The highest BCUT2D eigenvalue weighted by molar-refractivity contribution is 6.30. The van der Waals surface area contributed by atoms with Gasteiger partial charge in [0, 0.05) is 29.7 Å². The summed E-state index contributed by atoms with van der Waals surface area (Å²) in [4.78, 5) is 23.9. The molecule has 5 nitrogen and oxygen atoms in total. The van der Waals surface area contributed by atoms with Crippen LogP contribution in [0.25, 0.3) is 10.9 Å². The van der Waals surface area contributed by atoms with Crippen LogP contribution in [0.4, 0.5) is 0 Å². The first kappa shape index (κ1) is 19.7. The average molecular weight is 419 g/mol. The van der Waals surface area contributed by atoms with Crippen molar-refractivity contribution < 1.29 is 14.7 Å². The van der Waals surface area contributed by atoms with E-state index in [1.54, 1.807) is 12.1 Å². The van der Waals surface area contributed by atoms with Crippen LogP contribution in [0, 0.1) is 0 Å². The Hall–Kier alpha value is -3.57. The Labute approximate surface area is 178 Å². The van der Waals surface area contributed by atoms with E-state index in [2.05, 4.69) is 9.88 Å². The number of carboxylic acids is 1. The van der Waals surface area contributed by atoms with Gasteiger partial charge >= 0.3 is 5.97 Å². The molecule has 1 heterocycles. The number of hydrogen-bond donors (Lipinski definition) is 2. The summed E-state index contributed by atoms with van der Waals surface area (Å²) in [5.74, 6) is -1.15. The molecule has 4 rings (SSSR count). The second-order valence-corrected chi connectivity index (χ2v) is 7.43. The van der Waals surface area contributed by atoms with Crippen molar-refractivity contribution in [2.75, 3.05) is 0 Å². The summed E-state index contributed by atoms with van der Waals surface area (Å²) in [6, 6.07) is 21.8. The van der Waals surface area contributed by atoms with Crippen LogP contribution in [0.3, 0.4) is 0 Å². The van der Waals surface area contributed by atoms with Gasteiger partial charge in [-0.3, -0.25) is 4.79 Å². The number of rotatable bonds is 6. The Balaban J connectivity index is 1.55. The molecular formula is C24H19ClN2O3. The lowest BCUT2D eigenvalue weighted by Crippen LogP contribution is -2.23. The quantitative estimate of drug-likeness (QED) is 0.464. The van der Waals surface area contributed by atoms with E-state index in [0.717, 1.165) is 22.0 Å². The summed E-state index contributed by atoms with van der Waals surface area (Å²) in [7, 11) is 0. The van der Waals surface area contributed by atoms with Crippen molar-refractivity contribution in [3.05, 3.63) is 106 Å². The third kappa shape index (κ3) is 4.21. The van der Waals surface area contributed by atoms with Crippen molar-refractivity contribution in [2.45, 2.75) is 13.1 Å². The van der Waals surface area contributed by atoms with Gasteiger partial charge in [0.1, 0.15) is 0 Å². The number of hydrogen-bond acceptors (Lipinski definition) is 2. The normalized spacial score (nSPS) is 10.8. The number of amides is 1. The number of halogens is 1. The predicted molar refractivity (Wildman–Crippen MR) is 117 cm³/mol. The lowest BCUT2D eigenvalue weighted by molar-refractivity contribution is 0.0696. The van der Waals surface area contributed by atoms with E-state index < -0.39 is 5.97 Å². The van der Waals surface area contributed by atoms with Gasteiger partial charge in [-0.05, 0) is 47.5 Å². The fourth-order valence-corrected chi connectivity index (χ4v) is 3.53. The zero-order chi connectivity index (χ0) is 21.1. The number of fused-ring (bicyclic) bond motifs is 1. The number of carboxylic acid groups (broad SMARTS) is 1. The number of aromatic nitrogens is 1. The molecule has 3 aromatic carbocycles. The molecule has 0 aliphatic rings. The molecule has 0 radical (unpaired) electrons. The minimum absolute atomic E-state index is 0.182. The first-order valence-corrected chi connectivity index (χ1v) is 9.82. The van der Waals surface area contributed by atoms with Crippen molar-refractivity contribution in [1.29, 1.82) is 0 Å². The topological polar surface area (TPSA) is 71.3 Å². The molecule has 2 N–H and O–H groups in total. The maximum absolute atomic E-state index is 12.9. The van der Waals surface area contributed by atoms with Gasteiger partial charge in [-0.25, -0.2) is 4.79 Å². The van der Waals surface area contributed by atoms with Crippen LogP contribution >= 0.6 is 11.6 Å². The third-order valence-electron chi connectivity index (χ3n) is 4.95. The van der Waals surface area contributed by atoms with E-state index in [4.69, 9.17) is 16.7 Å². The summed E-state index contributed by atoms with van der Waals surface area (Å²) in [6.45, 7) is 0.939. The molecule has 0 atom stereocenters. The van der Waals surface area contributed by atoms with Gasteiger partial charge in [-0.2, -0.15) is 0 Å². The standard InChI is InChI=1S/C24H19ClN2O3/c25-20-10-6-17(7-11-20)15-27-13-12-18-2-1-3-21(22(18)27)23(28)26-14-16-4-8-19(9-5-16)24(29)30/h1-13H,14-15H2,(H,26,28)(H,29,30). The summed E-state index contributed by atoms with van der Waals surface area (Å²) in [5, 5.41) is 13.6. The van der Waals surface area contributed by atoms with Crippen molar-refractivity contribution in [3.8, 4) is 0 Å². The molecular weight excluding hydrogens is 400 g/mol. The number of nitrogens with zero attached hydrogens (tertiary/aromatic N) is 1. The van der Waals surface area contributed by atoms with Gasteiger partial charge in [0.25, 0.3) is 5.91 Å².